The van der Waals surface area contributed by atoms with Crippen LogP contribution in [0.25, 0.3) is 0 Å². The zero-order valence-corrected chi connectivity index (χ0v) is 11.4. The standard InChI is InChI=1S/C12H11F2NO5S/c13-8-3-1-7(2-4-8)11(12(17)18)15-6-9(5-10(15)16)21(14,19)20/h1-4,9,11H,5-6H2,(H,17,18)/t9?,11-/m0/s1. The lowest BCUT2D eigenvalue weighted by Crippen LogP contribution is -2.36. The predicted molar refractivity (Wildman–Crippen MR) is 66.9 cm³/mol. The van der Waals surface area contributed by atoms with E-state index in [1.807, 2.05) is 0 Å². The van der Waals surface area contributed by atoms with Crippen LogP contribution in [0.2, 0.25) is 0 Å². The zero-order valence-electron chi connectivity index (χ0n) is 10.6. The van der Waals surface area contributed by atoms with E-state index in [0.717, 1.165) is 17.0 Å². The number of carboxylic acids is 1. The molecule has 0 saturated carbocycles. The van der Waals surface area contributed by atoms with Crippen LogP contribution in [0.1, 0.15) is 18.0 Å². The average molecular weight is 319 g/mol. The molecule has 1 amide bonds. The van der Waals surface area contributed by atoms with Crippen LogP contribution in [0.4, 0.5) is 8.28 Å². The van der Waals surface area contributed by atoms with Crippen molar-refractivity contribution in [1.82, 2.24) is 4.90 Å². The minimum atomic E-state index is -4.93. The van der Waals surface area contributed by atoms with Crippen LogP contribution in [-0.2, 0) is 19.8 Å². The molecule has 1 N–H and O–H groups in total. The molecule has 1 fully saturated rings. The second-order valence-electron chi connectivity index (χ2n) is 4.64. The van der Waals surface area contributed by atoms with Crippen LogP contribution in [0.3, 0.4) is 0 Å². The molecule has 1 aliphatic rings. The molecule has 114 valence electrons. The minimum Gasteiger partial charge on any atom is -0.479 e. The third-order valence-corrected chi connectivity index (χ3v) is 4.36. The van der Waals surface area contributed by atoms with Crippen molar-refractivity contribution in [2.75, 3.05) is 6.54 Å². The Morgan fingerprint density at radius 1 is 1.33 bits per heavy atom. The van der Waals surface area contributed by atoms with E-state index in [4.69, 9.17) is 0 Å². The molecule has 2 rings (SSSR count). The lowest BCUT2D eigenvalue weighted by Gasteiger charge is -2.24. The fraction of sp³-hybridized carbons (Fsp3) is 0.333. The van der Waals surface area contributed by atoms with Crippen molar-refractivity contribution in [3.05, 3.63) is 35.6 Å². The van der Waals surface area contributed by atoms with Crippen molar-refractivity contribution in [2.24, 2.45) is 0 Å². The van der Waals surface area contributed by atoms with Crippen LogP contribution in [0, 0.1) is 5.82 Å². The number of halogens is 2. The highest BCUT2D eigenvalue weighted by atomic mass is 32.3. The smallest absolute Gasteiger partial charge is 0.331 e. The minimum absolute atomic E-state index is 0.106. The van der Waals surface area contributed by atoms with Crippen molar-refractivity contribution in [1.29, 1.82) is 0 Å². The highest BCUT2D eigenvalue weighted by Crippen LogP contribution is 2.29. The van der Waals surface area contributed by atoms with Gasteiger partial charge >= 0.3 is 16.2 Å². The van der Waals surface area contributed by atoms with Gasteiger partial charge in [0.1, 0.15) is 11.1 Å². The number of likely N-dealkylation sites (tertiary alicyclic amines) is 1. The number of carboxylic acid groups (broad SMARTS) is 1. The van der Waals surface area contributed by atoms with Gasteiger partial charge in [-0.3, -0.25) is 4.79 Å². The second-order valence-corrected chi connectivity index (χ2v) is 6.26. The van der Waals surface area contributed by atoms with Gasteiger partial charge in [-0.2, -0.15) is 8.42 Å². The maximum Gasteiger partial charge on any atom is 0.331 e. The molecule has 9 heteroatoms. The van der Waals surface area contributed by atoms with E-state index in [9.17, 15) is 31.4 Å². The number of rotatable bonds is 4. The number of nitrogens with zero attached hydrogens (tertiary/aromatic N) is 1. The summed E-state index contributed by atoms with van der Waals surface area (Å²) in [4.78, 5) is 23.9. The third-order valence-electron chi connectivity index (χ3n) is 3.25. The Morgan fingerprint density at radius 3 is 2.33 bits per heavy atom. The molecule has 6 nitrogen and oxygen atoms in total. The van der Waals surface area contributed by atoms with Crippen molar-refractivity contribution in [3.8, 4) is 0 Å². The van der Waals surface area contributed by atoms with Gasteiger partial charge in [-0.1, -0.05) is 12.1 Å². The van der Waals surface area contributed by atoms with E-state index in [1.165, 1.54) is 12.1 Å². The molecule has 1 aromatic carbocycles. The molecule has 0 radical (unpaired) electrons. The van der Waals surface area contributed by atoms with Gasteiger partial charge in [-0.05, 0) is 17.7 Å². The average Bonchev–Trinajstić information content (AvgIpc) is 2.74. The Morgan fingerprint density at radius 2 is 1.90 bits per heavy atom. The zero-order chi connectivity index (χ0) is 15.8. The van der Waals surface area contributed by atoms with Crippen molar-refractivity contribution < 1.29 is 31.4 Å². The highest BCUT2D eigenvalue weighted by Gasteiger charge is 2.43. The second kappa shape index (κ2) is 5.40. The maximum atomic E-state index is 13.0. The lowest BCUT2D eigenvalue weighted by molar-refractivity contribution is -0.148. The van der Waals surface area contributed by atoms with E-state index in [1.54, 1.807) is 0 Å². The lowest BCUT2D eigenvalue weighted by atomic mass is 10.1. The summed E-state index contributed by atoms with van der Waals surface area (Å²) >= 11 is 0. The molecular formula is C12H11F2NO5S. The summed E-state index contributed by atoms with van der Waals surface area (Å²) in [6.07, 6.45) is -0.607. The Bertz CT molecular complexity index is 673. The van der Waals surface area contributed by atoms with Gasteiger partial charge in [0.15, 0.2) is 6.04 Å². The Labute approximate surface area is 119 Å². The van der Waals surface area contributed by atoms with Crippen LogP contribution in [0.15, 0.2) is 24.3 Å². The van der Waals surface area contributed by atoms with Gasteiger partial charge < -0.3 is 10.0 Å². The molecule has 1 unspecified atom stereocenters. The first-order chi connectivity index (χ1) is 9.70. The summed E-state index contributed by atoms with van der Waals surface area (Å²) in [5.74, 6) is -2.77. The summed E-state index contributed by atoms with van der Waals surface area (Å²) in [6.45, 7) is -0.550. The van der Waals surface area contributed by atoms with E-state index in [2.05, 4.69) is 0 Å². The van der Waals surface area contributed by atoms with Crippen LogP contribution >= 0.6 is 0 Å². The van der Waals surface area contributed by atoms with Gasteiger partial charge in [0.2, 0.25) is 5.91 Å². The van der Waals surface area contributed by atoms with Crippen LogP contribution < -0.4 is 0 Å². The van der Waals surface area contributed by atoms with Crippen molar-refractivity contribution in [2.45, 2.75) is 17.7 Å². The highest BCUT2D eigenvalue weighted by molar-refractivity contribution is 7.87. The fourth-order valence-electron chi connectivity index (χ4n) is 2.24. The number of aliphatic carboxylic acids is 1. The van der Waals surface area contributed by atoms with Crippen molar-refractivity contribution >= 4 is 22.1 Å². The van der Waals surface area contributed by atoms with E-state index in [-0.39, 0.29) is 5.56 Å². The van der Waals surface area contributed by atoms with Crippen molar-refractivity contribution in [3.63, 3.8) is 0 Å². The number of carbonyl (C=O) groups excluding carboxylic acids is 1. The monoisotopic (exact) mass is 319 g/mol. The quantitative estimate of drug-likeness (QED) is 0.831. The SMILES string of the molecule is O=C(O)[C@H](c1ccc(F)cc1)N1CC(S(=O)(=O)F)CC1=O. The molecule has 0 bridgehead atoms. The topological polar surface area (TPSA) is 91.8 Å². The Hall–Kier alpha value is -2.03. The summed E-state index contributed by atoms with van der Waals surface area (Å²) in [5.41, 5.74) is 0.106. The van der Waals surface area contributed by atoms with E-state index in [0.29, 0.717) is 0 Å². The number of carbonyl (C=O) groups is 2. The fourth-order valence-corrected chi connectivity index (χ4v) is 2.92. The number of hydrogen-bond acceptors (Lipinski definition) is 4. The molecule has 1 aromatic rings. The maximum absolute atomic E-state index is 13.0. The largest absolute Gasteiger partial charge is 0.479 e. The Kier molecular flexibility index (Phi) is 3.95. The Balaban J connectivity index is 2.34. The van der Waals surface area contributed by atoms with E-state index < -0.39 is 52.2 Å². The molecule has 2 atom stereocenters. The van der Waals surface area contributed by atoms with Gasteiger partial charge in [-0.15, -0.1) is 3.89 Å². The van der Waals surface area contributed by atoms with E-state index >= 15 is 0 Å². The number of benzene rings is 1. The first kappa shape index (κ1) is 15.4. The summed E-state index contributed by atoms with van der Waals surface area (Å²) < 4.78 is 47.5. The molecule has 21 heavy (non-hydrogen) atoms. The molecule has 0 aliphatic carbocycles. The molecule has 0 aromatic heterocycles. The molecule has 0 spiro atoms. The summed E-state index contributed by atoms with van der Waals surface area (Å²) in [7, 11) is -4.93. The predicted octanol–water partition coefficient (Wildman–Crippen LogP) is 0.852. The van der Waals surface area contributed by atoms with Gasteiger partial charge in [0, 0.05) is 13.0 Å². The summed E-state index contributed by atoms with van der Waals surface area (Å²) in [5, 5.41) is 7.66. The van der Waals surface area contributed by atoms with Crippen LogP contribution in [0.5, 0.6) is 0 Å². The molecule has 1 heterocycles. The molecule has 1 aliphatic heterocycles. The van der Waals surface area contributed by atoms with Crippen LogP contribution in [-0.4, -0.2) is 42.1 Å². The number of amides is 1. The van der Waals surface area contributed by atoms with Gasteiger partial charge in [-0.25, -0.2) is 9.18 Å². The third kappa shape index (κ3) is 3.18. The van der Waals surface area contributed by atoms with Gasteiger partial charge in [0.05, 0.1) is 0 Å². The summed E-state index contributed by atoms with van der Waals surface area (Å²) in [6, 6.07) is 2.92. The number of hydrogen-bond donors (Lipinski definition) is 1. The molecule has 1 saturated heterocycles. The normalized spacial score (nSPS) is 20.6. The molecular weight excluding hydrogens is 308 g/mol. The first-order valence-corrected chi connectivity index (χ1v) is 7.36. The first-order valence-electron chi connectivity index (χ1n) is 5.91. The van der Waals surface area contributed by atoms with Gasteiger partial charge in [0.25, 0.3) is 0 Å².